The number of rotatable bonds is 4. The highest BCUT2D eigenvalue weighted by molar-refractivity contribution is 5.95. The highest BCUT2D eigenvalue weighted by Crippen LogP contribution is 2.12. The fourth-order valence-electron chi connectivity index (χ4n) is 2.11. The molecular formula is C17H20N2O. The molecule has 0 fully saturated rings. The van der Waals surface area contributed by atoms with E-state index in [4.69, 9.17) is 5.73 Å². The van der Waals surface area contributed by atoms with Crippen molar-refractivity contribution in [3.05, 3.63) is 64.7 Å². The molecule has 0 unspecified atom stereocenters. The SMILES string of the molecule is CCc1ccc(CNC(=O)c2ccc(N)cc2C)cc1. The Morgan fingerprint density at radius 1 is 1.10 bits per heavy atom. The van der Waals surface area contributed by atoms with Crippen LogP contribution in [-0.4, -0.2) is 5.91 Å². The first kappa shape index (κ1) is 14.1. The molecule has 0 aromatic heterocycles. The minimum atomic E-state index is -0.0675. The summed E-state index contributed by atoms with van der Waals surface area (Å²) in [6, 6.07) is 13.6. The van der Waals surface area contributed by atoms with Gasteiger partial charge in [0.05, 0.1) is 0 Å². The quantitative estimate of drug-likeness (QED) is 0.837. The zero-order valence-electron chi connectivity index (χ0n) is 11.9. The van der Waals surface area contributed by atoms with Crippen LogP contribution in [0.2, 0.25) is 0 Å². The van der Waals surface area contributed by atoms with Gasteiger partial charge in [0.25, 0.3) is 5.91 Å². The molecule has 0 heterocycles. The summed E-state index contributed by atoms with van der Waals surface area (Å²) >= 11 is 0. The third-order valence-corrected chi connectivity index (χ3v) is 3.38. The van der Waals surface area contributed by atoms with Crippen LogP contribution in [0.25, 0.3) is 0 Å². The number of hydrogen-bond donors (Lipinski definition) is 2. The number of benzene rings is 2. The molecule has 2 aromatic carbocycles. The van der Waals surface area contributed by atoms with Gasteiger partial charge in [-0.05, 0) is 48.2 Å². The largest absolute Gasteiger partial charge is 0.399 e. The normalized spacial score (nSPS) is 10.3. The van der Waals surface area contributed by atoms with Gasteiger partial charge in [-0.1, -0.05) is 31.2 Å². The van der Waals surface area contributed by atoms with Crippen LogP contribution in [0, 0.1) is 6.92 Å². The summed E-state index contributed by atoms with van der Waals surface area (Å²) in [6.45, 7) is 4.55. The first-order chi connectivity index (χ1) is 9.60. The van der Waals surface area contributed by atoms with Gasteiger partial charge in [-0.15, -0.1) is 0 Å². The Balaban J connectivity index is 2.00. The number of anilines is 1. The van der Waals surface area contributed by atoms with E-state index in [1.165, 1.54) is 5.56 Å². The predicted molar refractivity (Wildman–Crippen MR) is 82.6 cm³/mol. The van der Waals surface area contributed by atoms with Crippen molar-refractivity contribution in [2.24, 2.45) is 0 Å². The van der Waals surface area contributed by atoms with Gasteiger partial charge >= 0.3 is 0 Å². The van der Waals surface area contributed by atoms with Crippen molar-refractivity contribution in [2.75, 3.05) is 5.73 Å². The number of amides is 1. The number of nitrogen functional groups attached to an aromatic ring is 1. The molecule has 0 aliphatic heterocycles. The number of carbonyl (C=O) groups is 1. The van der Waals surface area contributed by atoms with Gasteiger partial charge in [-0.25, -0.2) is 0 Å². The number of aryl methyl sites for hydroxylation is 2. The zero-order valence-corrected chi connectivity index (χ0v) is 11.9. The second-order valence-electron chi connectivity index (χ2n) is 4.93. The second kappa shape index (κ2) is 6.24. The Hall–Kier alpha value is -2.29. The Bertz CT molecular complexity index is 603. The van der Waals surface area contributed by atoms with E-state index in [0.29, 0.717) is 17.8 Å². The maximum absolute atomic E-state index is 12.1. The third-order valence-electron chi connectivity index (χ3n) is 3.38. The molecule has 0 radical (unpaired) electrons. The molecule has 0 atom stereocenters. The van der Waals surface area contributed by atoms with Crippen LogP contribution in [0.4, 0.5) is 5.69 Å². The molecule has 0 aliphatic carbocycles. The standard InChI is InChI=1S/C17H20N2O/c1-3-13-4-6-14(7-5-13)11-19-17(20)16-9-8-15(18)10-12(16)2/h4-10H,3,11,18H2,1-2H3,(H,19,20). The van der Waals surface area contributed by atoms with Crippen LogP contribution in [0.5, 0.6) is 0 Å². The first-order valence-electron chi connectivity index (χ1n) is 6.82. The van der Waals surface area contributed by atoms with Crippen LogP contribution >= 0.6 is 0 Å². The van der Waals surface area contributed by atoms with Crippen LogP contribution in [-0.2, 0) is 13.0 Å². The number of carbonyl (C=O) groups excluding carboxylic acids is 1. The summed E-state index contributed by atoms with van der Waals surface area (Å²) < 4.78 is 0. The van der Waals surface area contributed by atoms with Gasteiger partial charge in [-0.2, -0.15) is 0 Å². The van der Waals surface area contributed by atoms with E-state index in [1.54, 1.807) is 12.1 Å². The lowest BCUT2D eigenvalue weighted by Gasteiger charge is -2.09. The highest BCUT2D eigenvalue weighted by Gasteiger charge is 2.08. The van der Waals surface area contributed by atoms with Crippen molar-refractivity contribution in [3.63, 3.8) is 0 Å². The van der Waals surface area contributed by atoms with Gasteiger partial charge in [0.1, 0.15) is 0 Å². The van der Waals surface area contributed by atoms with Gasteiger partial charge in [0, 0.05) is 17.8 Å². The lowest BCUT2D eigenvalue weighted by atomic mass is 10.1. The first-order valence-corrected chi connectivity index (χ1v) is 6.82. The molecule has 0 saturated heterocycles. The van der Waals surface area contributed by atoms with Crippen molar-refractivity contribution in [2.45, 2.75) is 26.8 Å². The van der Waals surface area contributed by atoms with E-state index in [2.05, 4.69) is 36.5 Å². The molecule has 104 valence electrons. The maximum atomic E-state index is 12.1. The molecular weight excluding hydrogens is 248 g/mol. The molecule has 1 amide bonds. The summed E-state index contributed by atoms with van der Waals surface area (Å²) in [5.41, 5.74) is 10.3. The second-order valence-corrected chi connectivity index (χ2v) is 4.93. The van der Waals surface area contributed by atoms with Crippen molar-refractivity contribution in [3.8, 4) is 0 Å². The number of nitrogens with one attached hydrogen (secondary N) is 1. The summed E-state index contributed by atoms with van der Waals surface area (Å²) in [5, 5.41) is 2.93. The zero-order chi connectivity index (χ0) is 14.5. The summed E-state index contributed by atoms with van der Waals surface area (Å²) in [5.74, 6) is -0.0675. The Morgan fingerprint density at radius 3 is 2.35 bits per heavy atom. The Kier molecular flexibility index (Phi) is 4.41. The van der Waals surface area contributed by atoms with Gasteiger partial charge in [0.15, 0.2) is 0 Å². The summed E-state index contributed by atoms with van der Waals surface area (Å²) in [6.07, 6.45) is 1.03. The van der Waals surface area contributed by atoms with E-state index in [-0.39, 0.29) is 5.91 Å². The van der Waals surface area contributed by atoms with Crippen LogP contribution in [0.15, 0.2) is 42.5 Å². The lowest BCUT2D eigenvalue weighted by Crippen LogP contribution is -2.23. The van der Waals surface area contributed by atoms with Gasteiger partial charge in [0.2, 0.25) is 0 Å². The van der Waals surface area contributed by atoms with E-state index >= 15 is 0 Å². The maximum Gasteiger partial charge on any atom is 0.251 e. The molecule has 20 heavy (non-hydrogen) atoms. The molecule has 0 aliphatic rings. The molecule has 3 nitrogen and oxygen atoms in total. The van der Waals surface area contributed by atoms with Crippen molar-refractivity contribution in [1.29, 1.82) is 0 Å². The average Bonchev–Trinajstić information content (AvgIpc) is 2.45. The highest BCUT2D eigenvalue weighted by atomic mass is 16.1. The van der Waals surface area contributed by atoms with Gasteiger partial charge in [-0.3, -0.25) is 4.79 Å². The summed E-state index contributed by atoms with van der Waals surface area (Å²) in [7, 11) is 0. The van der Waals surface area contributed by atoms with Crippen molar-refractivity contribution >= 4 is 11.6 Å². The topological polar surface area (TPSA) is 55.1 Å². The number of nitrogens with two attached hydrogens (primary N) is 1. The Labute approximate surface area is 119 Å². The minimum Gasteiger partial charge on any atom is -0.399 e. The molecule has 3 N–H and O–H groups in total. The predicted octanol–water partition coefficient (Wildman–Crippen LogP) is 3.07. The van der Waals surface area contributed by atoms with Crippen LogP contribution in [0.3, 0.4) is 0 Å². The van der Waals surface area contributed by atoms with E-state index in [9.17, 15) is 4.79 Å². The monoisotopic (exact) mass is 268 g/mol. The fourth-order valence-corrected chi connectivity index (χ4v) is 2.11. The molecule has 0 bridgehead atoms. The molecule has 2 rings (SSSR count). The van der Waals surface area contributed by atoms with Crippen molar-refractivity contribution < 1.29 is 4.79 Å². The minimum absolute atomic E-state index is 0.0675. The lowest BCUT2D eigenvalue weighted by molar-refractivity contribution is 0.0950. The number of hydrogen-bond acceptors (Lipinski definition) is 2. The van der Waals surface area contributed by atoms with Crippen LogP contribution in [0.1, 0.15) is 34.0 Å². The molecule has 0 spiro atoms. The summed E-state index contributed by atoms with van der Waals surface area (Å²) in [4.78, 5) is 12.1. The Morgan fingerprint density at radius 2 is 1.75 bits per heavy atom. The smallest absolute Gasteiger partial charge is 0.251 e. The van der Waals surface area contributed by atoms with Gasteiger partial charge < -0.3 is 11.1 Å². The van der Waals surface area contributed by atoms with Crippen molar-refractivity contribution in [1.82, 2.24) is 5.32 Å². The average molecular weight is 268 g/mol. The van der Waals surface area contributed by atoms with E-state index in [1.807, 2.05) is 13.0 Å². The van der Waals surface area contributed by atoms with Crippen LogP contribution < -0.4 is 11.1 Å². The fraction of sp³-hybridized carbons (Fsp3) is 0.235. The molecule has 0 saturated carbocycles. The third kappa shape index (κ3) is 3.38. The molecule has 3 heteroatoms. The molecule has 2 aromatic rings. The van der Waals surface area contributed by atoms with E-state index < -0.39 is 0 Å². The van der Waals surface area contributed by atoms with E-state index in [0.717, 1.165) is 17.5 Å².